The molecule has 11 nitrogen and oxygen atoms in total. The van der Waals surface area contributed by atoms with Gasteiger partial charge in [0.2, 0.25) is 10.0 Å². The van der Waals surface area contributed by atoms with E-state index >= 15 is 0 Å². The van der Waals surface area contributed by atoms with Crippen molar-refractivity contribution >= 4 is 42.4 Å². The summed E-state index contributed by atoms with van der Waals surface area (Å²) in [5.41, 5.74) is 8.14. The number of aromatic nitrogens is 2. The third-order valence-electron chi connectivity index (χ3n) is 7.97. The highest BCUT2D eigenvalue weighted by Gasteiger charge is 2.42. The van der Waals surface area contributed by atoms with Crippen molar-refractivity contribution < 1.29 is 26.4 Å². The van der Waals surface area contributed by atoms with Gasteiger partial charge in [0.1, 0.15) is 16.0 Å². The van der Waals surface area contributed by atoms with Crippen molar-refractivity contribution in [2.45, 2.75) is 37.3 Å². The molecular weight excluding hydrogens is 617 g/mol. The number of rotatable bonds is 11. The van der Waals surface area contributed by atoms with Gasteiger partial charge in [-0.1, -0.05) is 48.1 Å². The van der Waals surface area contributed by atoms with Crippen LogP contribution in [0.25, 0.3) is 22.0 Å². The van der Waals surface area contributed by atoms with Gasteiger partial charge < -0.3 is 20.8 Å². The highest BCUT2D eigenvalue weighted by molar-refractivity contribution is 7.91. The molecule has 0 radical (unpaired) electrons. The lowest BCUT2D eigenvalue weighted by molar-refractivity contribution is -0.119. The average molecular weight is 651 g/mol. The van der Waals surface area contributed by atoms with Gasteiger partial charge in [0.25, 0.3) is 11.5 Å². The predicted octanol–water partition coefficient (Wildman–Crippen LogP) is 3.86. The Morgan fingerprint density at radius 2 is 1.87 bits per heavy atom. The lowest BCUT2D eigenvalue weighted by Crippen LogP contribution is -2.41. The molecule has 1 aliphatic carbocycles. The summed E-state index contributed by atoms with van der Waals surface area (Å²) in [5, 5.41) is 3.73. The van der Waals surface area contributed by atoms with Crippen LogP contribution in [-0.2, 0) is 37.0 Å². The summed E-state index contributed by atoms with van der Waals surface area (Å²) in [6.07, 6.45) is 9.62. The average Bonchev–Trinajstić information content (AvgIpc) is 3.44. The van der Waals surface area contributed by atoms with Gasteiger partial charge in [0.15, 0.2) is 16.4 Å². The molecule has 1 unspecified atom stereocenters. The highest BCUT2D eigenvalue weighted by Crippen LogP contribution is 2.39. The lowest BCUT2D eigenvalue weighted by atomic mass is 9.94. The molecule has 2 aromatic carbocycles. The molecule has 0 aliphatic heterocycles. The van der Waals surface area contributed by atoms with Crippen LogP contribution in [0.4, 0.5) is 5.69 Å². The fourth-order valence-corrected chi connectivity index (χ4v) is 8.06. The molecule has 13 heteroatoms. The maximum Gasteiger partial charge on any atom is 0.273 e. The van der Waals surface area contributed by atoms with Crippen molar-refractivity contribution in [2.24, 2.45) is 5.73 Å². The number of nitrogens with zero attached hydrogens (tertiary/aromatic N) is 1. The number of hydrogen-bond acceptors (Lipinski definition) is 8. The van der Waals surface area contributed by atoms with Gasteiger partial charge in [-0.05, 0) is 50.1 Å². The number of pyridine rings is 1. The minimum Gasteiger partial charge on any atom is -0.483 e. The van der Waals surface area contributed by atoms with Gasteiger partial charge in [0, 0.05) is 53.0 Å². The van der Waals surface area contributed by atoms with Crippen molar-refractivity contribution in [2.75, 3.05) is 18.2 Å². The van der Waals surface area contributed by atoms with E-state index in [0.717, 1.165) is 15.8 Å². The second kappa shape index (κ2) is 12.1. The van der Waals surface area contributed by atoms with Crippen LogP contribution in [0.5, 0.6) is 5.75 Å². The summed E-state index contributed by atoms with van der Waals surface area (Å²) in [6.45, 7) is 3.36. The number of allylic oxidation sites excluding steroid dienone is 3. The molecule has 0 spiro atoms. The van der Waals surface area contributed by atoms with Gasteiger partial charge >= 0.3 is 0 Å². The smallest absolute Gasteiger partial charge is 0.273 e. The summed E-state index contributed by atoms with van der Waals surface area (Å²) in [7, 11) is -7.46. The third kappa shape index (κ3) is 6.31. The lowest BCUT2D eigenvalue weighted by Gasteiger charge is -2.31. The van der Waals surface area contributed by atoms with Gasteiger partial charge in [0.05, 0.1) is 5.75 Å². The molecule has 0 fully saturated rings. The first-order valence-corrected chi connectivity index (χ1v) is 17.6. The Labute approximate surface area is 261 Å². The number of aromatic amines is 1. The minimum absolute atomic E-state index is 0.0410. The van der Waals surface area contributed by atoms with E-state index < -0.39 is 36.1 Å². The van der Waals surface area contributed by atoms with E-state index in [1.165, 1.54) is 12.4 Å². The van der Waals surface area contributed by atoms with Crippen LogP contribution in [0.15, 0.2) is 89.5 Å². The summed E-state index contributed by atoms with van der Waals surface area (Å²) in [4.78, 5) is 27.2. The number of H-pyrrole nitrogens is 1. The quantitative estimate of drug-likeness (QED) is 0.220. The number of para-hydroxylation sites is 1. The van der Waals surface area contributed by atoms with Gasteiger partial charge in [-0.25, -0.2) is 20.8 Å². The molecule has 4 aromatic rings. The van der Waals surface area contributed by atoms with Gasteiger partial charge in [-0.2, -0.15) is 0 Å². The number of anilines is 1. The number of amides is 1. The van der Waals surface area contributed by atoms with Crippen molar-refractivity contribution in [1.29, 1.82) is 0 Å². The molecule has 1 amide bonds. The molecular formula is C32H34N4O7S2. The number of fused-ring (bicyclic) bond motifs is 1. The summed E-state index contributed by atoms with van der Waals surface area (Å²) in [6, 6.07) is 13.8. The number of nitrogens with one attached hydrogen (secondary N) is 2. The minimum atomic E-state index is -4.09. The Kier molecular flexibility index (Phi) is 8.51. The second-order valence-electron chi connectivity index (χ2n) is 11.3. The van der Waals surface area contributed by atoms with Crippen LogP contribution in [0.2, 0.25) is 0 Å². The maximum absolute atomic E-state index is 14.1. The third-order valence-corrected chi connectivity index (χ3v) is 11.3. The van der Waals surface area contributed by atoms with E-state index in [1.54, 1.807) is 62.4 Å². The monoisotopic (exact) mass is 650 g/mol. The van der Waals surface area contributed by atoms with Gasteiger partial charge in [-0.15, -0.1) is 0 Å². The molecule has 0 bridgehead atoms. The Hall–Kier alpha value is -4.62. The molecule has 4 N–H and O–H groups in total. The van der Waals surface area contributed by atoms with E-state index in [1.807, 2.05) is 18.2 Å². The molecule has 5 rings (SSSR count). The molecule has 1 atom stereocenters. The first-order valence-electron chi connectivity index (χ1n) is 14.1. The number of nitrogens with two attached hydrogens (primary N) is 1. The van der Waals surface area contributed by atoms with E-state index in [2.05, 4.69) is 10.3 Å². The first kappa shape index (κ1) is 31.8. The predicted molar refractivity (Wildman–Crippen MR) is 175 cm³/mol. The number of sulfone groups is 1. The standard InChI is InChI=1S/C32H34N4O7S2/c1-21-8-6-7-14-32(21,2)45(41,42)36-15-13-24-26(18-35-31(38)30(24)36)25-16-22(20-44(3,39)40)11-12-27(25)34-17-23-9-4-5-10-28(23)43-19-29(33)37/h4-13,15-16,18,34H,14,17,19-20H2,1-3H3,(H2,33,37)(H,35,38). The number of ether oxygens (including phenoxy) is 1. The van der Waals surface area contributed by atoms with Crippen molar-refractivity contribution in [3.8, 4) is 16.9 Å². The molecule has 45 heavy (non-hydrogen) atoms. The molecule has 2 heterocycles. The van der Waals surface area contributed by atoms with E-state index in [4.69, 9.17) is 10.5 Å². The van der Waals surface area contributed by atoms with Crippen LogP contribution in [0.3, 0.4) is 0 Å². The molecule has 0 saturated heterocycles. The second-order valence-corrected chi connectivity index (χ2v) is 15.7. The number of carbonyl (C=O) groups is 1. The molecule has 2 aromatic heterocycles. The fraction of sp³-hybridized carbons (Fsp3) is 0.250. The topological polar surface area (TPSA) is 170 Å². The number of benzene rings is 2. The SMILES string of the molecule is CC1=CC=CCC1(C)S(=O)(=O)n1ccc2c(-c3cc(CS(C)(=O)=O)ccc3NCc3ccccc3OCC(N)=O)c[nH]c(=O)c21. The zero-order valence-corrected chi connectivity index (χ0v) is 26.7. The summed E-state index contributed by atoms with van der Waals surface area (Å²) in [5.74, 6) is -0.371. The van der Waals surface area contributed by atoms with Crippen LogP contribution >= 0.6 is 0 Å². The Morgan fingerprint density at radius 1 is 1.11 bits per heavy atom. The highest BCUT2D eigenvalue weighted by atomic mass is 32.2. The maximum atomic E-state index is 14.1. The summed E-state index contributed by atoms with van der Waals surface area (Å²) < 4.78 is 57.8. The molecule has 236 valence electrons. The van der Waals surface area contributed by atoms with Crippen molar-refractivity contribution in [3.05, 3.63) is 106 Å². The van der Waals surface area contributed by atoms with E-state index in [-0.39, 0.29) is 30.8 Å². The van der Waals surface area contributed by atoms with Crippen molar-refractivity contribution in [1.82, 2.24) is 8.96 Å². The van der Waals surface area contributed by atoms with Crippen LogP contribution in [0.1, 0.15) is 31.4 Å². The Balaban J connectivity index is 1.63. The van der Waals surface area contributed by atoms with Crippen molar-refractivity contribution in [3.63, 3.8) is 0 Å². The van der Waals surface area contributed by atoms with E-state index in [9.17, 15) is 26.4 Å². The zero-order valence-electron chi connectivity index (χ0n) is 25.0. The van der Waals surface area contributed by atoms with E-state index in [0.29, 0.717) is 39.1 Å². The van der Waals surface area contributed by atoms with Gasteiger partial charge in [-0.3, -0.25) is 9.59 Å². The summed E-state index contributed by atoms with van der Waals surface area (Å²) >= 11 is 0. The Morgan fingerprint density at radius 3 is 2.58 bits per heavy atom. The Bertz CT molecular complexity index is 2150. The number of hydrogen-bond donors (Lipinski definition) is 3. The number of primary amides is 1. The zero-order chi connectivity index (χ0) is 32.6. The normalized spacial score (nSPS) is 16.8. The van der Waals surface area contributed by atoms with Crippen LogP contribution in [-0.4, -0.2) is 49.3 Å². The van der Waals surface area contributed by atoms with Crippen LogP contribution in [0, 0.1) is 0 Å². The van der Waals surface area contributed by atoms with Crippen LogP contribution < -0.4 is 21.3 Å². The molecule has 1 aliphatic rings. The molecule has 0 saturated carbocycles. The fourth-order valence-electron chi connectivity index (χ4n) is 5.42. The first-order chi connectivity index (χ1) is 21.2. The largest absolute Gasteiger partial charge is 0.483 e. The number of carbonyl (C=O) groups excluding carboxylic acids is 1.